The highest BCUT2D eigenvalue weighted by atomic mass is 35.5. The van der Waals surface area contributed by atoms with Crippen LogP contribution in [0.15, 0.2) is 59.5 Å². The number of hydrogen-bond acceptors (Lipinski definition) is 7. The van der Waals surface area contributed by atoms with E-state index >= 15 is 0 Å². The maximum Gasteiger partial charge on any atom is 0.416 e. The van der Waals surface area contributed by atoms with Gasteiger partial charge in [-0.3, -0.25) is 4.79 Å². The van der Waals surface area contributed by atoms with E-state index in [0.717, 1.165) is 12.1 Å². The average molecular weight is 539 g/mol. The van der Waals surface area contributed by atoms with Gasteiger partial charge in [0.1, 0.15) is 6.61 Å². The fraction of sp³-hybridized carbons (Fsp3) is 0.208. The van der Waals surface area contributed by atoms with Gasteiger partial charge in [-0.15, -0.1) is 11.3 Å². The Morgan fingerprint density at radius 2 is 2.08 bits per heavy atom. The zero-order valence-corrected chi connectivity index (χ0v) is 20.6. The number of anilines is 2. The Balaban J connectivity index is 1.58. The summed E-state index contributed by atoms with van der Waals surface area (Å²) < 4.78 is 49.8. The third kappa shape index (κ3) is 7.72. The minimum Gasteiger partial charge on any atom is -0.490 e. The zero-order valence-electron chi connectivity index (χ0n) is 19.1. The summed E-state index contributed by atoms with van der Waals surface area (Å²) in [4.78, 5) is 16.5. The van der Waals surface area contributed by atoms with E-state index in [1.165, 1.54) is 29.7 Å². The largest absolute Gasteiger partial charge is 0.490 e. The molecule has 0 unspecified atom stereocenters. The molecule has 1 heterocycles. The van der Waals surface area contributed by atoms with Crippen LogP contribution in [0.5, 0.6) is 11.5 Å². The van der Waals surface area contributed by atoms with E-state index in [2.05, 4.69) is 27.4 Å². The lowest BCUT2D eigenvalue weighted by Gasteiger charge is -2.13. The van der Waals surface area contributed by atoms with Crippen molar-refractivity contribution in [2.75, 3.05) is 18.5 Å². The highest BCUT2D eigenvalue weighted by molar-refractivity contribution is 7.13. The second-order valence-electron chi connectivity index (χ2n) is 7.18. The number of hydrogen-bond donors (Lipinski definition) is 2. The number of rotatable bonds is 11. The summed E-state index contributed by atoms with van der Waals surface area (Å²) in [6.45, 7) is 6.09. The van der Waals surface area contributed by atoms with Gasteiger partial charge >= 0.3 is 6.18 Å². The Hall–Kier alpha value is -3.57. The van der Waals surface area contributed by atoms with Gasteiger partial charge in [0.2, 0.25) is 5.91 Å². The number of alkyl halides is 3. The molecule has 3 rings (SSSR count). The molecule has 36 heavy (non-hydrogen) atoms. The minimum absolute atomic E-state index is 0.0720. The van der Waals surface area contributed by atoms with Crippen molar-refractivity contribution < 1.29 is 27.4 Å². The lowest BCUT2D eigenvalue weighted by Crippen LogP contribution is -2.20. The molecule has 2 aromatic carbocycles. The Labute approximate surface area is 214 Å². The van der Waals surface area contributed by atoms with E-state index in [0.29, 0.717) is 39.5 Å². The van der Waals surface area contributed by atoms with Crippen LogP contribution in [0.1, 0.15) is 23.7 Å². The van der Waals surface area contributed by atoms with Crippen LogP contribution in [0.3, 0.4) is 0 Å². The van der Waals surface area contributed by atoms with Crippen LogP contribution in [0, 0.1) is 0 Å². The molecule has 1 aromatic heterocycles. The molecule has 0 bridgehead atoms. The number of nitrogens with zero attached hydrogens (tertiary/aromatic N) is 2. The maximum absolute atomic E-state index is 12.9. The molecule has 0 saturated heterocycles. The molecule has 0 aliphatic rings. The van der Waals surface area contributed by atoms with Crippen molar-refractivity contribution in [2.24, 2.45) is 5.10 Å². The molecule has 1 amide bonds. The van der Waals surface area contributed by atoms with Crippen molar-refractivity contribution in [3.05, 3.63) is 76.3 Å². The van der Waals surface area contributed by atoms with E-state index in [1.54, 1.807) is 23.6 Å². The Morgan fingerprint density at radius 1 is 1.28 bits per heavy atom. The van der Waals surface area contributed by atoms with Crippen LogP contribution < -0.4 is 20.2 Å². The summed E-state index contributed by atoms with van der Waals surface area (Å²) in [5.74, 6) is 0.393. The predicted octanol–water partition coefficient (Wildman–Crippen LogP) is 6.22. The molecule has 0 aliphatic carbocycles. The number of carbonyl (C=O) groups is 1. The average Bonchev–Trinajstić information content (AvgIpc) is 3.25. The normalized spacial score (nSPS) is 11.4. The minimum atomic E-state index is -4.44. The molecule has 0 radical (unpaired) electrons. The summed E-state index contributed by atoms with van der Waals surface area (Å²) in [6.07, 6.45) is -1.52. The van der Waals surface area contributed by atoms with Crippen molar-refractivity contribution in [1.82, 2.24) is 10.4 Å². The first-order valence-corrected chi connectivity index (χ1v) is 11.9. The molecule has 190 valence electrons. The van der Waals surface area contributed by atoms with E-state index in [1.807, 2.05) is 6.92 Å². The second kappa shape index (κ2) is 12.4. The molecular formula is C24H22ClF3N4O3S. The highest BCUT2D eigenvalue weighted by Crippen LogP contribution is 2.36. The fourth-order valence-corrected chi connectivity index (χ4v) is 3.94. The first-order valence-electron chi connectivity index (χ1n) is 10.6. The number of benzene rings is 2. The number of ether oxygens (including phenoxy) is 2. The molecule has 0 saturated carbocycles. The van der Waals surface area contributed by atoms with Crippen LogP contribution in [-0.2, 0) is 17.4 Å². The summed E-state index contributed by atoms with van der Waals surface area (Å²) in [6, 6.07) is 8.07. The van der Waals surface area contributed by atoms with Gasteiger partial charge in [-0.1, -0.05) is 30.3 Å². The zero-order chi connectivity index (χ0) is 26.1. The van der Waals surface area contributed by atoms with Crippen molar-refractivity contribution in [2.45, 2.75) is 19.5 Å². The number of halogens is 4. The van der Waals surface area contributed by atoms with Crippen molar-refractivity contribution in [3.8, 4) is 11.5 Å². The van der Waals surface area contributed by atoms with Crippen molar-refractivity contribution in [1.29, 1.82) is 0 Å². The summed E-state index contributed by atoms with van der Waals surface area (Å²) in [5, 5.41) is 9.07. The summed E-state index contributed by atoms with van der Waals surface area (Å²) in [5.41, 5.74) is 2.89. The Morgan fingerprint density at radius 3 is 2.81 bits per heavy atom. The lowest BCUT2D eigenvalue weighted by molar-refractivity contribution is -0.137. The van der Waals surface area contributed by atoms with Gasteiger partial charge in [0, 0.05) is 11.1 Å². The first-order chi connectivity index (χ1) is 17.2. The quantitative estimate of drug-likeness (QED) is 0.172. The number of aromatic nitrogens is 1. The fourth-order valence-electron chi connectivity index (χ4n) is 2.93. The number of amides is 1. The summed E-state index contributed by atoms with van der Waals surface area (Å²) >= 11 is 7.46. The Bertz CT molecular complexity index is 1250. The third-order valence-corrected chi connectivity index (χ3v) is 5.50. The molecule has 0 spiro atoms. The standard InChI is InChI=1S/C24H22ClF3N4O3S/c1-3-8-35-22-19(25)9-15(10-20(22)34-4-2)13-29-32-21(33)12-18-14-36-23(31-18)30-17-7-5-6-16(11-17)24(26,27)28/h3,5-7,9-11,13-14H,1,4,8,12H2,2H3,(H,30,31)(H,32,33)/b29-13-. The third-order valence-electron chi connectivity index (χ3n) is 4.41. The molecule has 7 nitrogen and oxygen atoms in total. The number of thiazole rings is 1. The molecule has 0 atom stereocenters. The van der Waals surface area contributed by atoms with Crippen LogP contribution in [0.4, 0.5) is 24.0 Å². The van der Waals surface area contributed by atoms with Crippen LogP contribution in [-0.4, -0.2) is 30.3 Å². The van der Waals surface area contributed by atoms with Gasteiger partial charge in [-0.2, -0.15) is 18.3 Å². The van der Waals surface area contributed by atoms with Gasteiger partial charge in [0.05, 0.1) is 35.5 Å². The SMILES string of the molecule is C=CCOc1c(Cl)cc(/C=N\NC(=O)Cc2csc(Nc3cccc(C(F)(F)F)c3)n2)cc1OCC. The molecule has 2 N–H and O–H groups in total. The number of nitrogens with one attached hydrogen (secondary N) is 2. The molecular weight excluding hydrogens is 517 g/mol. The topological polar surface area (TPSA) is 84.8 Å². The highest BCUT2D eigenvalue weighted by Gasteiger charge is 2.30. The molecule has 0 aliphatic heterocycles. The van der Waals surface area contributed by atoms with Gasteiger partial charge < -0.3 is 14.8 Å². The van der Waals surface area contributed by atoms with E-state index in [4.69, 9.17) is 21.1 Å². The lowest BCUT2D eigenvalue weighted by atomic mass is 10.2. The summed E-state index contributed by atoms with van der Waals surface area (Å²) in [7, 11) is 0. The molecule has 0 fully saturated rings. The van der Waals surface area contributed by atoms with Gasteiger partial charge in [0.15, 0.2) is 16.6 Å². The second-order valence-corrected chi connectivity index (χ2v) is 8.45. The predicted molar refractivity (Wildman–Crippen MR) is 135 cm³/mol. The first kappa shape index (κ1) is 27.0. The van der Waals surface area contributed by atoms with E-state index in [9.17, 15) is 18.0 Å². The van der Waals surface area contributed by atoms with Crippen LogP contribution in [0.2, 0.25) is 5.02 Å². The van der Waals surface area contributed by atoms with E-state index < -0.39 is 17.6 Å². The smallest absolute Gasteiger partial charge is 0.416 e. The molecule has 12 heteroatoms. The van der Waals surface area contributed by atoms with Gasteiger partial charge in [-0.05, 0) is 42.8 Å². The van der Waals surface area contributed by atoms with Gasteiger partial charge in [0.25, 0.3) is 0 Å². The van der Waals surface area contributed by atoms with Crippen LogP contribution in [0.25, 0.3) is 0 Å². The molecule has 3 aromatic rings. The van der Waals surface area contributed by atoms with E-state index in [-0.39, 0.29) is 18.7 Å². The number of carbonyl (C=O) groups excluding carboxylic acids is 1. The van der Waals surface area contributed by atoms with Gasteiger partial charge in [-0.25, -0.2) is 10.4 Å². The maximum atomic E-state index is 12.9. The van der Waals surface area contributed by atoms with Crippen LogP contribution >= 0.6 is 22.9 Å². The van der Waals surface area contributed by atoms with Crippen molar-refractivity contribution >= 4 is 45.9 Å². The Kier molecular flexibility index (Phi) is 9.31. The number of hydrazone groups is 1. The van der Waals surface area contributed by atoms with Crippen molar-refractivity contribution in [3.63, 3.8) is 0 Å². The monoisotopic (exact) mass is 538 g/mol.